The van der Waals surface area contributed by atoms with E-state index < -0.39 is 24.4 Å². The molecule has 2 aliphatic heterocycles. The highest BCUT2D eigenvalue weighted by molar-refractivity contribution is 5.94. The first-order valence-electron chi connectivity index (χ1n) is 15.8. The highest BCUT2D eigenvalue weighted by Gasteiger charge is 2.46. The van der Waals surface area contributed by atoms with Crippen molar-refractivity contribution in [3.8, 4) is 0 Å². The lowest BCUT2D eigenvalue weighted by Crippen LogP contribution is -2.62. The van der Waals surface area contributed by atoms with E-state index in [0.29, 0.717) is 38.1 Å². The van der Waals surface area contributed by atoms with Crippen molar-refractivity contribution in [3.63, 3.8) is 0 Å². The molecule has 234 valence electrons. The fourth-order valence-corrected chi connectivity index (χ4v) is 6.24. The van der Waals surface area contributed by atoms with E-state index in [1.54, 1.807) is 18.9 Å². The topological polar surface area (TPSA) is 114 Å². The second kappa shape index (κ2) is 15.5. The number of carbonyl (C=O) groups excluding carboxylic acids is 3. The Balaban J connectivity index is 1.56. The van der Waals surface area contributed by atoms with Gasteiger partial charge >= 0.3 is 0 Å². The summed E-state index contributed by atoms with van der Waals surface area (Å²) >= 11 is 0. The van der Waals surface area contributed by atoms with Crippen LogP contribution in [0.25, 0.3) is 0 Å². The molecule has 2 aliphatic rings. The number of hydrogen-bond acceptors (Lipinski definition) is 6. The van der Waals surface area contributed by atoms with Crippen LogP contribution in [0.15, 0.2) is 60.7 Å². The number of aliphatic hydroxyl groups is 1. The van der Waals surface area contributed by atoms with Crippen molar-refractivity contribution in [2.24, 2.45) is 5.92 Å². The molecule has 0 bridgehead atoms. The van der Waals surface area contributed by atoms with Crippen molar-refractivity contribution in [1.29, 1.82) is 0 Å². The average molecular weight is 592 g/mol. The average Bonchev–Trinajstić information content (AvgIpc) is 3.43. The SMILES string of the molecule is CN[C@@H](C)C(=O)N[C@H]1CN(C(O)CCCC(C)C)CC[C@H]2CC[C@@H](C(=O)NC(c3ccccc3)c3ccccc3)N2C1=O. The lowest BCUT2D eigenvalue weighted by Gasteiger charge is -2.40. The van der Waals surface area contributed by atoms with Crippen LogP contribution in [0.1, 0.15) is 76.5 Å². The quantitative estimate of drug-likeness (QED) is 0.302. The number of rotatable bonds is 12. The molecule has 9 heteroatoms. The summed E-state index contributed by atoms with van der Waals surface area (Å²) in [6, 6.07) is 17.1. The molecule has 4 rings (SSSR count). The lowest BCUT2D eigenvalue weighted by molar-refractivity contribution is -0.146. The number of carbonyl (C=O) groups is 3. The Kier molecular flexibility index (Phi) is 11.7. The first-order chi connectivity index (χ1) is 20.7. The van der Waals surface area contributed by atoms with E-state index in [4.69, 9.17) is 0 Å². The van der Waals surface area contributed by atoms with Gasteiger partial charge in [0.25, 0.3) is 0 Å². The van der Waals surface area contributed by atoms with Gasteiger partial charge in [0.05, 0.1) is 12.1 Å². The molecule has 2 aromatic rings. The molecule has 4 N–H and O–H groups in total. The van der Waals surface area contributed by atoms with Crippen molar-refractivity contribution in [2.75, 3.05) is 20.1 Å². The molecule has 3 amide bonds. The molecule has 0 aromatic heterocycles. The van der Waals surface area contributed by atoms with E-state index in [0.717, 1.165) is 24.0 Å². The van der Waals surface area contributed by atoms with Crippen LogP contribution < -0.4 is 16.0 Å². The first kappa shape index (κ1) is 32.6. The minimum absolute atomic E-state index is 0.151. The monoisotopic (exact) mass is 591 g/mol. The third-order valence-corrected chi connectivity index (χ3v) is 8.88. The van der Waals surface area contributed by atoms with Gasteiger partial charge in [0.1, 0.15) is 18.3 Å². The highest BCUT2D eigenvalue weighted by atomic mass is 16.3. The van der Waals surface area contributed by atoms with E-state index in [1.165, 1.54) is 0 Å². The summed E-state index contributed by atoms with van der Waals surface area (Å²) in [7, 11) is 1.70. The molecule has 2 heterocycles. The van der Waals surface area contributed by atoms with Gasteiger partial charge in [-0.25, -0.2) is 0 Å². The van der Waals surface area contributed by atoms with Gasteiger partial charge in [0.15, 0.2) is 0 Å². The summed E-state index contributed by atoms with van der Waals surface area (Å²) in [5, 5.41) is 20.2. The maximum absolute atomic E-state index is 14.2. The molecule has 9 nitrogen and oxygen atoms in total. The normalized spacial score (nSPS) is 22.5. The Morgan fingerprint density at radius 2 is 1.56 bits per heavy atom. The van der Waals surface area contributed by atoms with Crippen molar-refractivity contribution in [3.05, 3.63) is 71.8 Å². The molecule has 2 saturated heterocycles. The molecule has 5 atom stereocenters. The Morgan fingerprint density at radius 1 is 0.930 bits per heavy atom. The Bertz CT molecular complexity index is 1150. The van der Waals surface area contributed by atoms with E-state index in [1.807, 2.05) is 65.6 Å². The first-order valence-corrected chi connectivity index (χ1v) is 15.8. The molecule has 2 fully saturated rings. The van der Waals surface area contributed by atoms with Gasteiger partial charge in [0.2, 0.25) is 17.7 Å². The van der Waals surface area contributed by atoms with Crippen LogP contribution in [0.2, 0.25) is 0 Å². The van der Waals surface area contributed by atoms with Gasteiger partial charge in [0, 0.05) is 19.1 Å². The molecule has 43 heavy (non-hydrogen) atoms. The van der Waals surface area contributed by atoms with E-state index >= 15 is 0 Å². The maximum Gasteiger partial charge on any atom is 0.247 e. The largest absolute Gasteiger partial charge is 0.378 e. The summed E-state index contributed by atoms with van der Waals surface area (Å²) in [6.45, 7) is 6.84. The number of benzene rings is 2. The van der Waals surface area contributed by atoms with Gasteiger partial charge in [-0.3, -0.25) is 19.3 Å². The smallest absolute Gasteiger partial charge is 0.247 e. The summed E-state index contributed by atoms with van der Waals surface area (Å²) in [5.41, 5.74) is 1.92. The van der Waals surface area contributed by atoms with Crippen molar-refractivity contribution < 1.29 is 19.5 Å². The number of likely N-dealkylation sites (N-methyl/N-ethyl adjacent to an activating group) is 1. The predicted octanol–water partition coefficient (Wildman–Crippen LogP) is 3.19. The standard InChI is InChI=1S/C34H49N5O4/c1-23(2)12-11-17-30(40)38-21-20-27-18-19-29(39(27)34(43)28(22-38)36-32(41)24(3)35-4)33(42)37-31(25-13-7-5-8-14-25)26-15-9-6-10-16-26/h5-10,13-16,23-24,27-31,35,40H,11-12,17-22H2,1-4H3,(H,36,41)(H,37,42)/t24-,27+,28-,29-,30?/m0/s1. The molecule has 0 spiro atoms. The zero-order valence-electron chi connectivity index (χ0n) is 26.0. The second-order valence-electron chi connectivity index (χ2n) is 12.4. The van der Waals surface area contributed by atoms with Crippen molar-refractivity contribution in [1.82, 2.24) is 25.8 Å². The summed E-state index contributed by atoms with van der Waals surface area (Å²) in [6.07, 6.45) is 3.71. The molecular formula is C34H49N5O4. The fraction of sp³-hybridized carbons (Fsp3) is 0.559. The highest BCUT2D eigenvalue weighted by Crippen LogP contribution is 2.31. The molecular weight excluding hydrogens is 542 g/mol. The number of amides is 3. The Labute approximate surface area is 256 Å². The Morgan fingerprint density at radius 3 is 2.14 bits per heavy atom. The summed E-state index contributed by atoms with van der Waals surface area (Å²) in [4.78, 5) is 44.8. The van der Waals surface area contributed by atoms with Crippen LogP contribution in [0.3, 0.4) is 0 Å². The van der Waals surface area contributed by atoms with Crippen LogP contribution in [-0.4, -0.2) is 83.2 Å². The van der Waals surface area contributed by atoms with Gasteiger partial charge in [-0.05, 0) is 63.1 Å². The van der Waals surface area contributed by atoms with Crippen LogP contribution in [0.4, 0.5) is 0 Å². The minimum Gasteiger partial charge on any atom is -0.378 e. The van der Waals surface area contributed by atoms with E-state index in [9.17, 15) is 19.5 Å². The fourth-order valence-electron chi connectivity index (χ4n) is 6.24. The van der Waals surface area contributed by atoms with Gasteiger partial charge in [-0.1, -0.05) is 80.9 Å². The number of nitrogens with one attached hydrogen (secondary N) is 3. The second-order valence-corrected chi connectivity index (χ2v) is 12.4. The molecule has 2 aromatic carbocycles. The molecule has 0 saturated carbocycles. The number of fused-ring (bicyclic) bond motifs is 1. The van der Waals surface area contributed by atoms with Crippen molar-refractivity contribution >= 4 is 17.7 Å². The van der Waals surface area contributed by atoms with Crippen LogP contribution in [0.5, 0.6) is 0 Å². The number of aliphatic hydroxyl groups excluding tert-OH is 1. The third-order valence-electron chi connectivity index (χ3n) is 8.88. The zero-order chi connectivity index (χ0) is 30.9. The molecule has 1 unspecified atom stereocenters. The molecule has 0 aliphatic carbocycles. The van der Waals surface area contributed by atoms with Crippen LogP contribution in [-0.2, 0) is 14.4 Å². The van der Waals surface area contributed by atoms with Crippen LogP contribution in [0, 0.1) is 5.92 Å². The van der Waals surface area contributed by atoms with E-state index in [2.05, 4.69) is 29.8 Å². The van der Waals surface area contributed by atoms with Gasteiger partial charge in [-0.15, -0.1) is 0 Å². The zero-order valence-corrected chi connectivity index (χ0v) is 26.0. The van der Waals surface area contributed by atoms with Gasteiger partial charge in [-0.2, -0.15) is 0 Å². The van der Waals surface area contributed by atoms with Crippen LogP contribution >= 0.6 is 0 Å². The Hall–Kier alpha value is -3.27. The number of hydrogen-bond donors (Lipinski definition) is 4. The van der Waals surface area contributed by atoms with Crippen molar-refractivity contribution in [2.45, 2.75) is 95.7 Å². The minimum atomic E-state index is -0.877. The number of nitrogens with zero attached hydrogens (tertiary/aromatic N) is 2. The maximum atomic E-state index is 14.2. The summed E-state index contributed by atoms with van der Waals surface area (Å²) in [5.74, 6) is -0.210. The molecule has 0 radical (unpaired) electrons. The van der Waals surface area contributed by atoms with E-state index in [-0.39, 0.29) is 36.3 Å². The lowest BCUT2D eigenvalue weighted by atomic mass is 9.98. The summed E-state index contributed by atoms with van der Waals surface area (Å²) < 4.78 is 0. The van der Waals surface area contributed by atoms with Gasteiger partial charge < -0.3 is 26.0 Å². The predicted molar refractivity (Wildman–Crippen MR) is 168 cm³/mol. The third kappa shape index (κ3) is 8.43.